The van der Waals surface area contributed by atoms with E-state index >= 15 is 0 Å². The lowest BCUT2D eigenvalue weighted by atomic mass is 10.0. The molecular weight excluding hydrogens is 446 g/mol. The summed E-state index contributed by atoms with van der Waals surface area (Å²) in [6, 6.07) is 19.5. The summed E-state index contributed by atoms with van der Waals surface area (Å²) in [6.45, 7) is 2.03. The molecule has 172 valence electrons. The van der Waals surface area contributed by atoms with Gasteiger partial charge in [-0.05, 0) is 67.2 Å². The molecule has 1 aromatic carbocycles. The second-order valence-electron chi connectivity index (χ2n) is 8.03. The minimum atomic E-state index is -0.206. The van der Waals surface area contributed by atoms with Crippen molar-refractivity contribution in [2.75, 3.05) is 19.1 Å². The van der Waals surface area contributed by atoms with E-state index in [1.54, 1.807) is 20.4 Å². The Labute approximate surface area is 204 Å². The first-order valence-electron chi connectivity index (χ1n) is 10.9. The lowest BCUT2D eigenvalue weighted by Gasteiger charge is -2.30. The van der Waals surface area contributed by atoms with Crippen molar-refractivity contribution in [1.82, 2.24) is 19.9 Å². The second-order valence-corrected chi connectivity index (χ2v) is 8.42. The number of nitrogens with zero attached hydrogens (tertiary/aromatic N) is 4. The number of hydrogen-bond acceptors (Lipinski definition) is 5. The van der Waals surface area contributed by atoms with Crippen LogP contribution in [0.3, 0.4) is 0 Å². The number of thiocarbonyl (C=S) groups is 1. The van der Waals surface area contributed by atoms with Gasteiger partial charge in [0.1, 0.15) is 23.4 Å². The maximum atomic E-state index is 5.87. The van der Waals surface area contributed by atoms with E-state index in [4.69, 9.17) is 21.7 Å². The van der Waals surface area contributed by atoms with Crippen LogP contribution in [0.1, 0.15) is 29.0 Å². The number of ether oxygens (including phenoxy) is 2. The maximum absolute atomic E-state index is 5.87. The highest BCUT2D eigenvalue weighted by molar-refractivity contribution is 7.80. The summed E-state index contributed by atoms with van der Waals surface area (Å²) in [5.74, 6) is 2.22. The first kappa shape index (κ1) is 21.9. The predicted molar refractivity (Wildman–Crippen MR) is 136 cm³/mol. The van der Waals surface area contributed by atoms with E-state index in [1.807, 2.05) is 67.8 Å². The number of benzene rings is 1. The van der Waals surface area contributed by atoms with Crippen LogP contribution in [0.15, 0.2) is 79.3 Å². The number of methoxy groups -OCH3 is 2. The first-order chi connectivity index (χ1) is 16.6. The number of aromatic nitrogens is 3. The molecule has 2 atom stereocenters. The molecule has 1 aliphatic heterocycles. The Morgan fingerprint density at radius 1 is 0.971 bits per heavy atom. The van der Waals surface area contributed by atoms with Gasteiger partial charge in [0.2, 0.25) is 0 Å². The van der Waals surface area contributed by atoms with Gasteiger partial charge in [-0.15, -0.1) is 0 Å². The third kappa shape index (κ3) is 3.86. The Kier molecular flexibility index (Phi) is 5.90. The van der Waals surface area contributed by atoms with Gasteiger partial charge in [0.05, 0.1) is 31.6 Å². The summed E-state index contributed by atoms with van der Waals surface area (Å²) in [7, 11) is 3.28. The first-order valence-corrected chi connectivity index (χ1v) is 11.3. The highest BCUT2D eigenvalue weighted by Gasteiger charge is 2.43. The van der Waals surface area contributed by atoms with E-state index in [0.717, 1.165) is 28.5 Å². The molecule has 0 saturated carbocycles. The molecule has 0 spiro atoms. The van der Waals surface area contributed by atoms with Gasteiger partial charge in [-0.25, -0.2) is 4.98 Å². The Morgan fingerprint density at radius 2 is 1.85 bits per heavy atom. The fourth-order valence-electron chi connectivity index (χ4n) is 4.35. The van der Waals surface area contributed by atoms with Crippen LogP contribution < -0.4 is 19.7 Å². The molecule has 0 aliphatic carbocycles. The van der Waals surface area contributed by atoms with Crippen molar-refractivity contribution in [3.05, 3.63) is 96.2 Å². The molecule has 0 radical (unpaired) electrons. The van der Waals surface area contributed by atoms with Gasteiger partial charge in [-0.1, -0.05) is 12.1 Å². The molecule has 1 fully saturated rings. The summed E-state index contributed by atoms with van der Waals surface area (Å²) in [5, 5.41) is 4.09. The van der Waals surface area contributed by atoms with E-state index in [-0.39, 0.29) is 12.1 Å². The second kappa shape index (κ2) is 9.15. The fourth-order valence-corrected chi connectivity index (χ4v) is 4.68. The third-order valence-electron chi connectivity index (χ3n) is 5.97. The van der Waals surface area contributed by atoms with Crippen molar-refractivity contribution in [2.24, 2.45) is 0 Å². The Bertz CT molecular complexity index is 1310. The van der Waals surface area contributed by atoms with Crippen LogP contribution in [-0.2, 0) is 0 Å². The molecule has 1 N–H and O–H groups in total. The van der Waals surface area contributed by atoms with Crippen molar-refractivity contribution in [1.29, 1.82) is 0 Å². The molecular formula is C26H25N5O2S. The fraction of sp³-hybridized carbons (Fsp3) is 0.192. The van der Waals surface area contributed by atoms with E-state index in [1.165, 1.54) is 0 Å². The van der Waals surface area contributed by atoms with Gasteiger partial charge in [-0.2, -0.15) is 0 Å². The Balaban J connectivity index is 1.68. The van der Waals surface area contributed by atoms with Crippen LogP contribution in [-0.4, -0.2) is 33.9 Å². The van der Waals surface area contributed by atoms with Crippen LogP contribution in [0.2, 0.25) is 0 Å². The average molecular weight is 472 g/mol. The summed E-state index contributed by atoms with van der Waals surface area (Å²) < 4.78 is 13.2. The number of rotatable bonds is 6. The van der Waals surface area contributed by atoms with Gasteiger partial charge in [0.25, 0.3) is 0 Å². The van der Waals surface area contributed by atoms with Crippen molar-refractivity contribution in [3.63, 3.8) is 0 Å². The summed E-state index contributed by atoms with van der Waals surface area (Å²) in [5.41, 5.74) is 3.87. The van der Waals surface area contributed by atoms with Crippen LogP contribution >= 0.6 is 12.2 Å². The SMILES string of the molecule is COc1ccc(N2C(=S)N[C@@H](c3ccccn3)[C@H]2c2cccn2-c2ccc(C)cn2)c(OC)c1. The minimum Gasteiger partial charge on any atom is -0.497 e. The maximum Gasteiger partial charge on any atom is 0.174 e. The zero-order chi connectivity index (χ0) is 23.7. The number of aryl methyl sites for hydroxylation is 1. The van der Waals surface area contributed by atoms with Crippen LogP contribution in [0.4, 0.5) is 5.69 Å². The van der Waals surface area contributed by atoms with Crippen LogP contribution in [0.25, 0.3) is 5.82 Å². The number of nitrogens with one attached hydrogen (secondary N) is 1. The third-order valence-corrected chi connectivity index (χ3v) is 6.28. The zero-order valence-corrected chi connectivity index (χ0v) is 20.0. The number of hydrogen-bond donors (Lipinski definition) is 1. The topological polar surface area (TPSA) is 64.4 Å². The van der Waals surface area contributed by atoms with Crippen molar-refractivity contribution < 1.29 is 9.47 Å². The molecule has 4 aromatic rings. The van der Waals surface area contributed by atoms with Gasteiger partial charge in [0.15, 0.2) is 5.11 Å². The molecule has 8 heteroatoms. The molecule has 1 saturated heterocycles. The molecule has 0 bridgehead atoms. The summed E-state index contributed by atoms with van der Waals surface area (Å²) in [6.07, 6.45) is 5.69. The van der Waals surface area contributed by atoms with Crippen LogP contribution in [0.5, 0.6) is 11.5 Å². The van der Waals surface area contributed by atoms with E-state index in [2.05, 4.69) is 36.9 Å². The summed E-state index contributed by atoms with van der Waals surface area (Å²) >= 11 is 5.87. The number of anilines is 1. The highest BCUT2D eigenvalue weighted by Crippen LogP contribution is 2.45. The zero-order valence-electron chi connectivity index (χ0n) is 19.2. The molecule has 4 heterocycles. The molecule has 34 heavy (non-hydrogen) atoms. The molecule has 7 nitrogen and oxygen atoms in total. The Hall–Kier alpha value is -3.91. The molecule has 0 amide bonds. The molecule has 1 aliphatic rings. The summed E-state index contributed by atoms with van der Waals surface area (Å²) in [4.78, 5) is 11.4. The van der Waals surface area contributed by atoms with E-state index in [9.17, 15) is 0 Å². The monoisotopic (exact) mass is 471 g/mol. The van der Waals surface area contributed by atoms with Gasteiger partial charge < -0.3 is 24.3 Å². The van der Waals surface area contributed by atoms with Gasteiger partial charge in [-0.3, -0.25) is 4.98 Å². The lowest BCUT2D eigenvalue weighted by Crippen LogP contribution is -2.30. The largest absolute Gasteiger partial charge is 0.497 e. The standard InChI is InChI=1S/C26H25N5O2S/c1-17-9-12-23(28-16-17)30-14-6-8-21(30)25-24(19-7-4-5-13-27-19)29-26(34)31(25)20-11-10-18(32-2)15-22(20)33-3/h4-16,24-25H,1-3H3,(H,29,34)/t24-,25+/m0/s1. The van der Waals surface area contributed by atoms with Crippen LogP contribution in [0, 0.1) is 6.92 Å². The highest BCUT2D eigenvalue weighted by atomic mass is 32.1. The minimum absolute atomic E-state index is 0.181. The molecule has 3 aromatic heterocycles. The quantitative estimate of drug-likeness (QED) is 0.407. The van der Waals surface area contributed by atoms with Gasteiger partial charge in [0, 0.05) is 30.4 Å². The number of pyridine rings is 2. The smallest absolute Gasteiger partial charge is 0.174 e. The van der Waals surface area contributed by atoms with Gasteiger partial charge >= 0.3 is 0 Å². The Morgan fingerprint density at radius 3 is 2.56 bits per heavy atom. The normalized spacial score (nSPS) is 17.5. The average Bonchev–Trinajstić information content (AvgIpc) is 3.49. The molecule has 5 rings (SSSR count). The predicted octanol–water partition coefficient (Wildman–Crippen LogP) is 4.77. The van der Waals surface area contributed by atoms with Crippen molar-refractivity contribution in [2.45, 2.75) is 19.0 Å². The van der Waals surface area contributed by atoms with Crippen molar-refractivity contribution in [3.8, 4) is 17.3 Å². The lowest BCUT2D eigenvalue weighted by molar-refractivity contribution is 0.394. The van der Waals surface area contributed by atoms with E-state index in [0.29, 0.717) is 16.6 Å². The molecule has 0 unspecified atom stereocenters. The van der Waals surface area contributed by atoms with Crippen molar-refractivity contribution >= 4 is 23.0 Å². The van der Waals surface area contributed by atoms with E-state index < -0.39 is 0 Å².